The maximum atomic E-state index is 2.53. The second-order valence-corrected chi connectivity index (χ2v) is 17.2. The Morgan fingerprint density at radius 3 is 1.78 bits per heavy atom. The first kappa shape index (κ1) is 34.1. The quantitative estimate of drug-likeness (QED) is 0.169. The third-order valence-electron chi connectivity index (χ3n) is 13.9. The molecule has 0 fully saturated rings. The molecule has 0 heterocycles. The normalized spacial score (nSPS) is 16.4. The van der Waals surface area contributed by atoms with Gasteiger partial charge in [0.2, 0.25) is 0 Å². The standard InChI is InChI=1S/C58H43N/c1-57(2)52-23-10-6-18-46(52)49-20-13-21-50(56(49)57)48-19-8-12-25-55(48)59(43-30-28-39(29-31-43)42-27-26-38-14-3-4-16-41(38)36-42)44-32-33-47-45-17-7-11-24-53(45)58(54(47)37-44)35-34-40-15-5-9-22-51(40)58/h3-33,36-37H,34-35H2,1-2H3. The highest BCUT2D eigenvalue weighted by Crippen LogP contribution is 2.60. The molecule has 1 spiro atoms. The van der Waals surface area contributed by atoms with Crippen LogP contribution in [-0.4, -0.2) is 0 Å². The Kier molecular flexibility index (Phi) is 7.38. The molecule has 3 aliphatic carbocycles. The molecule has 3 aliphatic rings. The predicted octanol–water partition coefficient (Wildman–Crippen LogP) is 15.2. The van der Waals surface area contributed by atoms with E-state index in [1.54, 1.807) is 0 Å². The number of benzene rings is 9. The Balaban J connectivity index is 1.07. The largest absolute Gasteiger partial charge is 0.310 e. The number of hydrogen-bond acceptors (Lipinski definition) is 1. The first-order chi connectivity index (χ1) is 29.0. The molecule has 1 heteroatoms. The van der Waals surface area contributed by atoms with Gasteiger partial charge in [0.1, 0.15) is 0 Å². The van der Waals surface area contributed by atoms with E-state index < -0.39 is 0 Å². The third kappa shape index (κ3) is 4.91. The Hall–Kier alpha value is -6.96. The highest BCUT2D eigenvalue weighted by Gasteiger charge is 2.48. The molecule has 0 saturated carbocycles. The first-order valence-electron chi connectivity index (χ1n) is 21.1. The summed E-state index contributed by atoms with van der Waals surface area (Å²) in [6.45, 7) is 4.79. The van der Waals surface area contributed by atoms with E-state index in [-0.39, 0.29) is 10.8 Å². The Morgan fingerprint density at radius 1 is 0.390 bits per heavy atom. The van der Waals surface area contributed by atoms with Crippen LogP contribution >= 0.6 is 0 Å². The van der Waals surface area contributed by atoms with E-state index in [1.807, 2.05) is 0 Å². The minimum Gasteiger partial charge on any atom is -0.310 e. The van der Waals surface area contributed by atoms with Gasteiger partial charge in [-0.25, -0.2) is 0 Å². The summed E-state index contributed by atoms with van der Waals surface area (Å²) in [7, 11) is 0. The van der Waals surface area contributed by atoms with Crippen molar-refractivity contribution >= 4 is 27.8 Å². The van der Waals surface area contributed by atoms with Crippen molar-refractivity contribution in [3.63, 3.8) is 0 Å². The maximum Gasteiger partial charge on any atom is 0.0540 e. The van der Waals surface area contributed by atoms with E-state index in [4.69, 9.17) is 0 Å². The zero-order chi connectivity index (χ0) is 39.3. The van der Waals surface area contributed by atoms with Crippen molar-refractivity contribution in [2.75, 3.05) is 4.90 Å². The molecule has 0 aromatic heterocycles. The topological polar surface area (TPSA) is 3.24 Å². The van der Waals surface area contributed by atoms with Crippen LogP contribution in [-0.2, 0) is 17.3 Å². The molecule has 1 nitrogen and oxygen atoms in total. The fourth-order valence-electron chi connectivity index (χ4n) is 11.2. The predicted molar refractivity (Wildman–Crippen MR) is 247 cm³/mol. The van der Waals surface area contributed by atoms with Crippen LogP contribution in [0.25, 0.3) is 55.3 Å². The number of aryl methyl sites for hydroxylation is 1. The summed E-state index contributed by atoms with van der Waals surface area (Å²) in [5.74, 6) is 0. The minimum absolute atomic E-state index is 0.149. The average molecular weight is 754 g/mol. The third-order valence-corrected chi connectivity index (χ3v) is 13.9. The number of para-hydroxylation sites is 1. The Bertz CT molecular complexity index is 3150. The van der Waals surface area contributed by atoms with Gasteiger partial charge >= 0.3 is 0 Å². The van der Waals surface area contributed by atoms with Gasteiger partial charge in [-0.05, 0) is 132 Å². The molecule has 0 radical (unpaired) electrons. The molecule has 12 rings (SSSR count). The van der Waals surface area contributed by atoms with Crippen molar-refractivity contribution in [1.29, 1.82) is 0 Å². The molecule has 1 unspecified atom stereocenters. The molecule has 280 valence electrons. The molecule has 9 aromatic rings. The number of anilines is 3. The fraction of sp³-hybridized carbons (Fsp3) is 0.103. The van der Waals surface area contributed by atoms with Crippen LogP contribution in [0, 0.1) is 0 Å². The van der Waals surface area contributed by atoms with Crippen LogP contribution in [0.15, 0.2) is 200 Å². The molecule has 59 heavy (non-hydrogen) atoms. The highest BCUT2D eigenvalue weighted by atomic mass is 15.1. The lowest BCUT2D eigenvalue weighted by atomic mass is 9.73. The van der Waals surface area contributed by atoms with E-state index in [2.05, 4.69) is 219 Å². The second-order valence-electron chi connectivity index (χ2n) is 17.2. The van der Waals surface area contributed by atoms with E-state index in [9.17, 15) is 0 Å². The number of fused-ring (bicyclic) bond motifs is 11. The second kappa shape index (κ2) is 12.8. The lowest BCUT2D eigenvalue weighted by molar-refractivity contribution is 0.626. The Morgan fingerprint density at radius 2 is 0.966 bits per heavy atom. The van der Waals surface area contributed by atoms with Gasteiger partial charge in [-0.2, -0.15) is 0 Å². The van der Waals surface area contributed by atoms with Crippen LogP contribution in [0.2, 0.25) is 0 Å². The van der Waals surface area contributed by atoms with Gasteiger partial charge in [0, 0.05) is 27.8 Å². The first-order valence-corrected chi connectivity index (χ1v) is 21.1. The van der Waals surface area contributed by atoms with Crippen LogP contribution in [0.4, 0.5) is 17.1 Å². The fourth-order valence-corrected chi connectivity index (χ4v) is 11.2. The molecule has 9 aromatic carbocycles. The molecule has 0 N–H and O–H groups in total. The molecule has 0 bridgehead atoms. The molecule has 1 atom stereocenters. The number of hydrogen-bond donors (Lipinski definition) is 0. The Labute approximate surface area is 346 Å². The van der Waals surface area contributed by atoms with Gasteiger partial charge in [-0.1, -0.05) is 178 Å². The van der Waals surface area contributed by atoms with Crippen molar-refractivity contribution in [2.45, 2.75) is 37.5 Å². The lowest BCUT2D eigenvalue weighted by Gasteiger charge is -2.32. The summed E-state index contributed by atoms with van der Waals surface area (Å²) in [5.41, 5.74) is 22.0. The maximum absolute atomic E-state index is 2.53. The summed E-state index contributed by atoms with van der Waals surface area (Å²) in [4.78, 5) is 2.52. The van der Waals surface area contributed by atoms with Gasteiger partial charge in [0.15, 0.2) is 0 Å². The van der Waals surface area contributed by atoms with Crippen LogP contribution in [0.5, 0.6) is 0 Å². The SMILES string of the molecule is CC1(C)c2ccccc2-c2cccc(-c3ccccc3N(c3ccc(-c4ccc5ccccc5c4)cc3)c3ccc4c(c3)C3(CCc5ccccc53)c3ccccc3-4)c21. The minimum atomic E-state index is -0.181. The van der Waals surface area contributed by atoms with Crippen LogP contribution < -0.4 is 4.90 Å². The molecular formula is C58H43N. The highest BCUT2D eigenvalue weighted by molar-refractivity contribution is 5.96. The number of rotatable bonds is 5. The van der Waals surface area contributed by atoms with E-state index in [1.165, 1.54) is 100 Å². The lowest BCUT2D eigenvalue weighted by Crippen LogP contribution is -2.24. The van der Waals surface area contributed by atoms with Gasteiger partial charge < -0.3 is 4.90 Å². The van der Waals surface area contributed by atoms with E-state index in [0.29, 0.717) is 0 Å². The van der Waals surface area contributed by atoms with Gasteiger partial charge in [0.25, 0.3) is 0 Å². The van der Waals surface area contributed by atoms with Crippen LogP contribution in [0.1, 0.15) is 53.6 Å². The average Bonchev–Trinajstić information content (AvgIpc) is 3.90. The molecule has 0 aliphatic heterocycles. The van der Waals surface area contributed by atoms with E-state index in [0.717, 1.165) is 18.5 Å². The van der Waals surface area contributed by atoms with Crippen molar-refractivity contribution in [3.05, 3.63) is 234 Å². The van der Waals surface area contributed by atoms with Gasteiger partial charge in [-0.3, -0.25) is 0 Å². The van der Waals surface area contributed by atoms with Crippen molar-refractivity contribution in [1.82, 2.24) is 0 Å². The van der Waals surface area contributed by atoms with Crippen LogP contribution in [0.3, 0.4) is 0 Å². The smallest absolute Gasteiger partial charge is 0.0540 e. The van der Waals surface area contributed by atoms with Gasteiger partial charge in [0.05, 0.1) is 5.69 Å². The molecular weight excluding hydrogens is 711 g/mol. The van der Waals surface area contributed by atoms with Crippen molar-refractivity contribution in [2.24, 2.45) is 0 Å². The zero-order valence-electron chi connectivity index (χ0n) is 33.4. The molecule has 0 saturated heterocycles. The summed E-state index contributed by atoms with van der Waals surface area (Å²) in [5, 5.41) is 2.52. The monoisotopic (exact) mass is 753 g/mol. The summed E-state index contributed by atoms with van der Waals surface area (Å²) >= 11 is 0. The van der Waals surface area contributed by atoms with Crippen molar-refractivity contribution < 1.29 is 0 Å². The van der Waals surface area contributed by atoms with E-state index >= 15 is 0 Å². The van der Waals surface area contributed by atoms with Crippen molar-refractivity contribution in [3.8, 4) is 44.5 Å². The number of nitrogens with zero attached hydrogens (tertiary/aromatic N) is 1. The van der Waals surface area contributed by atoms with Gasteiger partial charge in [-0.15, -0.1) is 0 Å². The molecule has 0 amide bonds. The zero-order valence-corrected chi connectivity index (χ0v) is 33.4. The summed E-state index contributed by atoms with van der Waals surface area (Å²) in [6, 6.07) is 75.2. The summed E-state index contributed by atoms with van der Waals surface area (Å²) < 4.78 is 0. The summed E-state index contributed by atoms with van der Waals surface area (Å²) in [6.07, 6.45) is 2.15.